The third kappa shape index (κ3) is 4.26. The number of nitrogens with one attached hydrogen (secondary N) is 2. The van der Waals surface area contributed by atoms with Crippen LogP contribution in [0.4, 0.5) is 10.7 Å². The minimum Gasteiger partial charge on any atom is -0.275 e. The first-order valence-corrected chi connectivity index (χ1v) is 9.37. The van der Waals surface area contributed by atoms with E-state index < -0.39 is 16.1 Å². The van der Waals surface area contributed by atoms with Crippen LogP contribution in [-0.4, -0.2) is 39.2 Å². The Morgan fingerprint density at radius 2 is 1.74 bits per heavy atom. The first-order chi connectivity index (χ1) is 12.7. The molecular weight excluding hydrogens is 370 g/mol. The predicted octanol–water partition coefficient (Wildman–Crippen LogP) is 1.49. The molecule has 0 aliphatic heterocycles. The normalized spacial score (nSPS) is 11.2. The molecule has 0 aliphatic rings. The van der Waals surface area contributed by atoms with Gasteiger partial charge in [0, 0.05) is 23.7 Å². The first kappa shape index (κ1) is 18.5. The number of amides is 2. The Bertz CT molecular complexity index is 1070. The Kier molecular flexibility index (Phi) is 4.86. The topological polar surface area (TPSA) is 132 Å². The molecule has 27 heavy (non-hydrogen) atoms. The lowest BCUT2D eigenvalue weighted by molar-refractivity contribution is 0.256. The minimum atomic E-state index is -4.21. The van der Waals surface area contributed by atoms with Crippen LogP contribution in [0.25, 0.3) is 5.82 Å². The molecule has 0 aliphatic carbocycles. The number of pyridine rings is 1. The number of aromatic nitrogens is 5. The summed E-state index contributed by atoms with van der Waals surface area (Å²) in [5.74, 6) is 0.318. The van der Waals surface area contributed by atoms with E-state index in [1.54, 1.807) is 45.0 Å². The van der Waals surface area contributed by atoms with Gasteiger partial charge in [-0.05, 0) is 39.0 Å². The maximum Gasteiger partial charge on any atom is 0.335 e. The van der Waals surface area contributed by atoms with E-state index in [2.05, 4.69) is 25.4 Å². The summed E-state index contributed by atoms with van der Waals surface area (Å²) in [4.78, 5) is 24.3. The van der Waals surface area contributed by atoms with Gasteiger partial charge in [0.25, 0.3) is 10.0 Å². The molecule has 3 rings (SSSR count). The van der Waals surface area contributed by atoms with Crippen molar-refractivity contribution >= 4 is 22.0 Å². The van der Waals surface area contributed by atoms with Crippen LogP contribution >= 0.6 is 0 Å². The molecule has 10 nitrogen and oxygen atoms in total. The van der Waals surface area contributed by atoms with Crippen molar-refractivity contribution in [3.8, 4) is 5.82 Å². The van der Waals surface area contributed by atoms with Crippen molar-refractivity contribution < 1.29 is 13.2 Å². The summed E-state index contributed by atoms with van der Waals surface area (Å²) in [5, 5.41) is 6.25. The van der Waals surface area contributed by atoms with E-state index in [1.807, 2.05) is 4.72 Å². The number of carbonyl (C=O) groups excluding carboxylic acids is 1. The third-order valence-corrected chi connectivity index (χ3v) is 4.67. The maximum atomic E-state index is 12.7. The molecule has 0 radical (unpaired) electrons. The second-order valence-electron chi connectivity index (χ2n) is 5.76. The number of nitrogens with zero attached hydrogens (tertiary/aromatic N) is 5. The Morgan fingerprint density at radius 1 is 1.04 bits per heavy atom. The van der Waals surface area contributed by atoms with Crippen molar-refractivity contribution in [2.75, 3.05) is 5.32 Å². The number of hydrogen-bond acceptors (Lipinski definition) is 7. The number of urea groups is 1. The molecule has 0 aromatic carbocycles. The van der Waals surface area contributed by atoms with E-state index in [0.717, 1.165) is 4.68 Å². The lowest BCUT2D eigenvalue weighted by Gasteiger charge is -2.10. The lowest BCUT2D eigenvalue weighted by atomic mass is 10.4. The lowest BCUT2D eigenvalue weighted by Crippen LogP contribution is -2.36. The molecule has 11 heteroatoms. The standard InChI is InChI=1S/C16H17N7O3S/c1-10-8-11(2)19-15(18-10)20-16(24)22-27(25,26)14-9-12(3)21-23(14)13-6-4-5-7-17-13/h4-9H,1-3H3,(H2,18,19,20,22,24). The molecular formula is C16H17N7O3S. The number of aryl methyl sites for hydroxylation is 3. The summed E-state index contributed by atoms with van der Waals surface area (Å²) in [6, 6.07) is 7.10. The average molecular weight is 387 g/mol. The van der Waals surface area contributed by atoms with E-state index in [0.29, 0.717) is 22.9 Å². The van der Waals surface area contributed by atoms with E-state index >= 15 is 0 Å². The highest BCUT2D eigenvalue weighted by atomic mass is 32.2. The van der Waals surface area contributed by atoms with E-state index in [-0.39, 0.29) is 11.0 Å². The maximum absolute atomic E-state index is 12.7. The van der Waals surface area contributed by atoms with Gasteiger partial charge in [0.1, 0.15) is 0 Å². The summed E-state index contributed by atoms with van der Waals surface area (Å²) >= 11 is 0. The SMILES string of the molecule is Cc1cc(C)nc(NC(=O)NS(=O)(=O)c2cc(C)nn2-c2ccccn2)n1. The molecule has 3 aromatic rings. The molecule has 0 bridgehead atoms. The molecule has 3 heterocycles. The fourth-order valence-electron chi connectivity index (χ4n) is 2.39. The molecule has 2 N–H and O–H groups in total. The van der Waals surface area contributed by atoms with Gasteiger partial charge in [-0.1, -0.05) is 6.07 Å². The monoisotopic (exact) mass is 387 g/mol. The first-order valence-electron chi connectivity index (χ1n) is 7.89. The Hall–Kier alpha value is -3.34. The van der Waals surface area contributed by atoms with Gasteiger partial charge in [0.15, 0.2) is 10.8 Å². The Balaban J connectivity index is 1.86. The fraction of sp³-hybridized carbons (Fsp3) is 0.188. The van der Waals surface area contributed by atoms with Crippen molar-refractivity contribution in [1.82, 2.24) is 29.5 Å². The van der Waals surface area contributed by atoms with Gasteiger partial charge in [0.2, 0.25) is 5.95 Å². The van der Waals surface area contributed by atoms with Gasteiger partial charge in [-0.3, -0.25) is 5.32 Å². The molecule has 0 unspecified atom stereocenters. The molecule has 3 aromatic heterocycles. The highest BCUT2D eigenvalue weighted by molar-refractivity contribution is 7.90. The van der Waals surface area contributed by atoms with E-state index in [1.165, 1.54) is 12.3 Å². The second kappa shape index (κ2) is 7.11. The van der Waals surface area contributed by atoms with Crippen molar-refractivity contribution in [2.45, 2.75) is 25.8 Å². The number of anilines is 1. The number of sulfonamides is 1. The molecule has 0 saturated heterocycles. The van der Waals surface area contributed by atoms with Gasteiger partial charge in [-0.2, -0.15) is 13.5 Å². The largest absolute Gasteiger partial charge is 0.335 e. The summed E-state index contributed by atoms with van der Waals surface area (Å²) in [6.45, 7) is 5.12. The van der Waals surface area contributed by atoms with Crippen LogP contribution in [0.5, 0.6) is 0 Å². The Labute approximate surface area is 155 Å². The zero-order chi connectivity index (χ0) is 19.6. The van der Waals surface area contributed by atoms with Gasteiger partial charge in [0.05, 0.1) is 5.69 Å². The molecule has 0 fully saturated rings. The average Bonchev–Trinajstić information content (AvgIpc) is 2.97. The molecule has 140 valence electrons. The second-order valence-corrected chi connectivity index (χ2v) is 7.39. The summed E-state index contributed by atoms with van der Waals surface area (Å²) < 4.78 is 28.4. The summed E-state index contributed by atoms with van der Waals surface area (Å²) in [6.07, 6.45) is 1.51. The van der Waals surface area contributed by atoms with Crippen molar-refractivity contribution in [1.29, 1.82) is 0 Å². The van der Waals surface area contributed by atoms with Crippen molar-refractivity contribution in [3.63, 3.8) is 0 Å². The molecule has 0 saturated carbocycles. The van der Waals surface area contributed by atoms with Gasteiger partial charge in [-0.15, -0.1) is 0 Å². The van der Waals surface area contributed by atoms with Crippen LogP contribution in [0.1, 0.15) is 17.1 Å². The van der Waals surface area contributed by atoms with Crippen LogP contribution in [0.3, 0.4) is 0 Å². The highest BCUT2D eigenvalue weighted by Gasteiger charge is 2.25. The molecule has 0 spiro atoms. The van der Waals surface area contributed by atoms with Crippen LogP contribution in [0.15, 0.2) is 41.6 Å². The van der Waals surface area contributed by atoms with Crippen LogP contribution in [0, 0.1) is 20.8 Å². The number of hydrogen-bond donors (Lipinski definition) is 2. The van der Waals surface area contributed by atoms with Crippen molar-refractivity contribution in [3.05, 3.63) is 53.6 Å². The zero-order valence-electron chi connectivity index (χ0n) is 14.8. The zero-order valence-corrected chi connectivity index (χ0v) is 15.6. The van der Waals surface area contributed by atoms with Gasteiger partial charge >= 0.3 is 6.03 Å². The highest BCUT2D eigenvalue weighted by Crippen LogP contribution is 2.15. The third-order valence-electron chi connectivity index (χ3n) is 3.38. The minimum absolute atomic E-state index is 0.00890. The van der Waals surface area contributed by atoms with E-state index in [9.17, 15) is 13.2 Å². The molecule has 2 amide bonds. The fourth-order valence-corrected chi connectivity index (χ4v) is 3.48. The van der Waals surface area contributed by atoms with Gasteiger partial charge in [-0.25, -0.2) is 29.2 Å². The van der Waals surface area contributed by atoms with Gasteiger partial charge < -0.3 is 0 Å². The van der Waals surface area contributed by atoms with Crippen LogP contribution < -0.4 is 10.0 Å². The summed E-state index contributed by atoms with van der Waals surface area (Å²) in [7, 11) is -4.21. The van der Waals surface area contributed by atoms with E-state index in [4.69, 9.17) is 0 Å². The van der Waals surface area contributed by atoms with Crippen LogP contribution in [0.2, 0.25) is 0 Å². The molecule has 0 atom stereocenters. The quantitative estimate of drug-likeness (QED) is 0.693. The van der Waals surface area contributed by atoms with Crippen molar-refractivity contribution in [2.24, 2.45) is 0 Å². The number of rotatable bonds is 4. The summed E-state index contributed by atoms with van der Waals surface area (Å²) in [5.41, 5.74) is 1.74. The predicted molar refractivity (Wildman–Crippen MR) is 96.9 cm³/mol. The Morgan fingerprint density at radius 3 is 2.37 bits per heavy atom. The number of carbonyl (C=O) groups is 1. The van der Waals surface area contributed by atoms with Crippen LogP contribution in [-0.2, 0) is 10.0 Å². The smallest absolute Gasteiger partial charge is 0.275 e.